The molecule has 25 heavy (non-hydrogen) atoms. The van der Waals surface area contributed by atoms with Crippen LogP contribution in [0.15, 0.2) is 42.5 Å². The van der Waals surface area contributed by atoms with Crippen molar-refractivity contribution < 1.29 is 4.79 Å². The summed E-state index contributed by atoms with van der Waals surface area (Å²) in [4.78, 5) is 14.7. The van der Waals surface area contributed by atoms with Gasteiger partial charge in [-0.15, -0.1) is 0 Å². The Morgan fingerprint density at radius 1 is 1.04 bits per heavy atom. The van der Waals surface area contributed by atoms with Crippen LogP contribution in [0.3, 0.4) is 0 Å². The van der Waals surface area contributed by atoms with Gasteiger partial charge in [0, 0.05) is 31.1 Å². The first-order valence-corrected chi connectivity index (χ1v) is 9.74. The van der Waals surface area contributed by atoms with Crippen molar-refractivity contribution in [3.8, 4) is 0 Å². The van der Waals surface area contributed by atoms with E-state index in [0.717, 1.165) is 38.8 Å². The quantitative estimate of drug-likeness (QED) is 0.904. The summed E-state index contributed by atoms with van der Waals surface area (Å²) in [5.41, 5.74) is 1.41. The number of piperidine rings is 1. The van der Waals surface area contributed by atoms with Crippen molar-refractivity contribution in [2.75, 3.05) is 13.1 Å². The molecule has 1 N–H and O–H groups in total. The Labute approximate surface area is 150 Å². The van der Waals surface area contributed by atoms with E-state index >= 15 is 0 Å². The van der Waals surface area contributed by atoms with Crippen LogP contribution in [0.2, 0.25) is 0 Å². The van der Waals surface area contributed by atoms with E-state index < -0.39 is 0 Å². The Morgan fingerprint density at radius 3 is 2.48 bits per heavy atom. The molecular weight excluding hydrogens is 308 g/mol. The first-order chi connectivity index (χ1) is 12.2. The van der Waals surface area contributed by atoms with Crippen molar-refractivity contribution in [2.45, 2.75) is 51.1 Å². The van der Waals surface area contributed by atoms with E-state index in [1.54, 1.807) is 0 Å². The second kappa shape index (κ2) is 7.17. The lowest BCUT2D eigenvalue weighted by Crippen LogP contribution is -2.47. The highest BCUT2D eigenvalue weighted by Crippen LogP contribution is 2.30. The molecule has 2 fully saturated rings. The van der Waals surface area contributed by atoms with E-state index in [2.05, 4.69) is 59.6 Å². The van der Waals surface area contributed by atoms with Crippen LogP contribution in [0.4, 0.5) is 0 Å². The molecule has 2 aliphatic rings. The maximum absolute atomic E-state index is 12.2. The summed E-state index contributed by atoms with van der Waals surface area (Å²) in [6, 6.07) is 16.0. The fraction of sp³-hybridized carbons (Fsp3) is 0.500. The van der Waals surface area contributed by atoms with Gasteiger partial charge in [-0.05, 0) is 48.9 Å². The highest BCUT2D eigenvalue weighted by atomic mass is 16.2. The molecule has 0 aromatic heterocycles. The highest BCUT2D eigenvalue weighted by Gasteiger charge is 2.29. The molecule has 2 aromatic carbocycles. The maximum Gasteiger partial charge on any atom is 0.223 e. The van der Waals surface area contributed by atoms with Gasteiger partial charge in [0.15, 0.2) is 0 Å². The molecule has 0 spiro atoms. The second-order valence-corrected chi connectivity index (χ2v) is 7.69. The normalized spacial score (nSPS) is 21.0. The number of likely N-dealkylation sites (tertiary alicyclic amines) is 1. The van der Waals surface area contributed by atoms with Gasteiger partial charge in [-0.1, -0.05) is 48.9 Å². The van der Waals surface area contributed by atoms with Crippen molar-refractivity contribution in [3.05, 3.63) is 48.0 Å². The molecule has 1 saturated heterocycles. The van der Waals surface area contributed by atoms with E-state index in [0.29, 0.717) is 23.9 Å². The van der Waals surface area contributed by atoms with Crippen LogP contribution in [-0.2, 0) is 4.79 Å². The molecule has 1 atom stereocenters. The first kappa shape index (κ1) is 16.6. The maximum atomic E-state index is 12.2. The Hall–Kier alpha value is -1.87. The summed E-state index contributed by atoms with van der Waals surface area (Å²) < 4.78 is 0. The smallest absolute Gasteiger partial charge is 0.223 e. The van der Waals surface area contributed by atoms with Crippen LogP contribution in [-0.4, -0.2) is 29.9 Å². The minimum Gasteiger partial charge on any atom is -0.353 e. The number of fused-ring (bicyclic) bond motifs is 1. The molecule has 1 amide bonds. The zero-order chi connectivity index (χ0) is 17.2. The number of nitrogens with zero attached hydrogens (tertiary/aromatic N) is 1. The van der Waals surface area contributed by atoms with E-state index in [9.17, 15) is 4.79 Å². The predicted octanol–water partition coefficient (Wildman–Crippen LogP) is 4.28. The molecular formula is C22H28N2O. The van der Waals surface area contributed by atoms with Crippen molar-refractivity contribution in [1.29, 1.82) is 0 Å². The van der Waals surface area contributed by atoms with E-state index in [-0.39, 0.29) is 0 Å². The lowest BCUT2D eigenvalue weighted by molar-refractivity contribution is -0.128. The van der Waals surface area contributed by atoms with Gasteiger partial charge < -0.3 is 5.32 Å². The first-order valence-electron chi connectivity index (χ1n) is 9.74. The monoisotopic (exact) mass is 336 g/mol. The molecule has 1 unspecified atom stereocenters. The Morgan fingerprint density at radius 2 is 1.76 bits per heavy atom. The van der Waals surface area contributed by atoms with Crippen molar-refractivity contribution in [1.82, 2.24) is 10.2 Å². The van der Waals surface area contributed by atoms with Crippen LogP contribution in [0.5, 0.6) is 0 Å². The fourth-order valence-electron chi connectivity index (χ4n) is 4.23. The zero-order valence-corrected chi connectivity index (χ0v) is 15.1. The summed E-state index contributed by atoms with van der Waals surface area (Å²) in [5.74, 6) is 0.597. The average molecular weight is 336 g/mol. The Bertz CT molecular complexity index is 739. The summed E-state index contributed by atoms with van der Waals surface area (Å²) in [6.07, 6.45) is 5.52. The number of benzene rings is 2. The van der Waals surface area contributed by atoms with E-state index in [1.165, 1.54) is 22.8 Å². The number of hydrogen-bond acceptors (Lipinski definition) is 2. The molecule has 132 valence electrons. The summed E-state index contributed by atoms with van der Waals surface area (Å²) in [5, 5.41) is 5.96. The molecule has 2 aromatic rings. The minimum absolute atomic E-state index is 0.298. The van der Waals surface area contributed by atoms with Gasteiger partial charge in [-0.3, -0.25) is 9.69 Å². The van der Waals surface area contributed by atoms with Crippen LogP contribution in [0, 0.1) is 5.92 Å². The number of nitrogens with one attached hydrogen (secondary N) is 1. The molecule has 1 aliphatic carbocycles. The standard InChI is InChI=1S/C22H28N2O/c1-16(20-11-5-7-17-6-2-3-10-21(17)20)24-14-12-19(13-15-24)23-22(25)18-8-4-9-18/h2-3,5-7,10-11,16,18-19H,4,8-9,12-15H2,1H3,(H,23,25). The van der Waals surface area contributed by atoms with Crippen molar-refractivity contribution in [2.24, 2.45) is 5.92 Å². The van der Waals surface area contributed by atoms with Crippen LogP contribution in [0.1, 0.15) is 50.6 Å². The van der Waals surface area contributed by atoms with Gasteiger partial charge >= 0.3 is 0 Å². The van der Waals surface area contributed by atoms with Crippen LogP contribution < -0.4 is 5.32 Å². The van der Waals surface area contributed by atoms with Gasteiger partial charge in [-0.25, -0.2) is 0 Å². The lowest BCUT2D eigenvalue weighted by atomic mass is 9.84. The molecule has 0 bridgehead atoms. The third-order valence-corrected chi connectivity index (χ3v) is 6.17. The van der Waals surface area contributed by atoms with Crippen LogP contribution >= 0.6 is 0 Å². The molecule has 0 radical (unpaired) electrons. The van der Waals surface area contributed by atoms with Gasteiger partial charge in [0.2, 0.25) is 5.91 Å². The molecule has 3 heteroatoms. The number of rotatable bonds is 4. The van der Waals surface area contributed by atoms with E-state index in [4.69, 9.17) is 0 Å². The Kier molecular flexibility index (Phi) is 4.76. The predicted molar refractivity (Wildman–Crippen MR) is 102 cm³/mol. The Balaban J connectivity index is 1.39. The minimum atomic E-state index is 0.298. The molecule has 1 heterocycles. The largest absolute Gasteiger partial charge is 0.353 e. The number of carbonyl (C=O) groups is 1. The molecule has 1 saturated carbocycles. The second-order valence-electron chi connectivity index (χ2n) is 7.69. The lowest BCUT2D eigenvalue weighted by Gasteiger charge is -2.37. The number of carbonyl (C=O) groups excluding carboxylic acids is 1. The third-order valence-electron chi connectivity index (χ3n) is 6.17. The highest BCUT2D eigenvalue weighted by molar-refractivity contribution is 5.86. The molecule has 1 aliphatic heterocycles. The van der Waals surface area contributed by atoms with Gasteiger partial charge in [0.1, 0.15) is 0 Å². The van der Waals surface area contributed by atoms with Gasteiger partial charge in [0.25, 0.3) is 0 Å². The average Bonchev–Trinajstić information content (AvgIpc) is 2.60. The summed E-state index contributed by atoms with van der Waals surface area (Å²) in [6.45, 7) is 4.43. The van der Waals surface area contributed by atoms with Gasteiger partial charge in [0.05, 0.1) is 0 Å². The van der Waals surface area contributed by atoms with Crippen LogP contribution in [0.25, 0.3) is 10.8 Å². The zero-order valence-electron chi connectivity index (χ0n) is 15.1. The van der Waals surface area contributed by atoms with Crippen molar-refractivity contribution >= 4 is 16.7 Å². The van der Waals surface area contributed by atoms with Gasteiger partial charge in [-0.2, -0.15) is 0 Å². The molecule has 4 rings (SSSR count). The SMILES string of the molecule is CC(c1cccc2ccccc12)N1CCC(NC(=O)C2CCC2)CC1. The summed E-state index contributed by atoms with van der Waals surface area (Å²) in [7, 11) is 0. The van der Waals surface area contributed by atoms with Crippen molar-refractivity contribution in [3.63, 3.8) is 0 Å². The number of hydrogen-bond donors (Lipinski definition) is 1. The van der Waals surface area contributed by atoms with E-state index in [1.807, 2.05) is 0 Å². The topological polar surface area (TPSA) is 32.3 Å². The third kappa shape index (κ3) is 3.43. The molecule has 3 nitrogen and oxygen atoms in total. The number of amides is 1. The fourth-order valence-corrected chi connectivity index (χ4v) is 4.23. The summed E-state index contributed by atoms with van der Waals surface area (Å²) >= 11 is 0.